The van der Waals surface area contributed by atoms with Crippen molar-refractivity contribution in [1.82, 2.24) is 20.2 Å². The van der Waals surface area contributed by atoms with Crippen LogP contribution < -0.4 is 0 Å². The number of carbonyl (C=O) groups excluding carboxylic acids is 1. The molecule has 0 bridgehead atoms. The summed E-state index contributed by atoms with van der Waals surface area (Å²) in [7, 11) is 0. The van der Waals surface area contributed by atoms with E-state index in [0.29, 0.717) is 0 Å². The Labute approximate surface area is 95.1 Å². The van der Waals surface area contributed by atoms with Crippen molar-refractivity contribution in [1.29, 1.82) is 0 Å². The maximum atomic E-state index is 12.8. The largest absolute Gasteiger partial charge is 0.292 e. The molecule has 0 radical (unpaired) electrons. The number of aromatic nitrogens is 4. The van der Waals surface area contributed by atoms with Gasteiger partial charge in [0, 0.05) is 5.56 Å². The molecule has 5 nitrogen and oxygen atoms in total. The van der Waals surface area contributed by atoms with Gasteiger partial charge in [0.05, 0.1) is 0 Å². The van der Waals surface area contributed by atoms with Gasteiger partial charge in [-0.2, -0.15) is 4.80 Å². The van der Waals surface area contributed by atoms with Crippen molar-refractivity contribution in [3.8, 4) is 0 Å². The summed E-state index contributed by atoms with van der Waals surface area (Å²) < 4.78 is 25.5. The van der Waals surface area contributed by atoms with Crippen molar-refractivity contribution >= 4 is 5.78 Å². The lowest BCUT2D eigenvalue weighted by Crippen LogP contribution is -2.24. The van der Waals surface area contributed by atoms with Gasteiger partial charge in [-0.3, -0.25) is 4.79 Å². The Morgan fingerprint density at radius 1 is 1.35 bits per heavy atom. The number of rotatable bonds is 4. The molecule has 0 spiro atoms. The molecule has 2 aromatic rings. The van der Waals surface area contributed by atoms with E-state index in [-0.39, 0.29) is 5.56 Å². The number of hydrogen-bond acceptors (Lipinski definition) is 4. The SMILES string of the molecule is O=C(c1ccc(F)cc1)C(CF)n1ncnn1. The maximum absolute atomic E-state index is 12.8. The number of tetrazole rings is 1. The van der Waals surface area contributed by atoms with E-state index in [9.17, 15) is 13.6 Å². The van der Waals surface area contributed by atoms with Crippen LogP contribution in [0.3, 0.4) is 0 Å². The average molecular weight is 238 g/mol. The Kier molecular flexibility index (Phi) is 3.17. The number of hydrogen-bond donors (Lipinski definition) is 0. The molecule has 1 heterocycles. The van der Waals surface area contributed by atoms with E-state index in [1.54, 1.807) is 0 Å². The first kappa shape index (κ1) is 11.3. The van der Waals surface area contributed by atoms with Crippen LogP contribution in [0.5, 0.6) is 0 Å². The summed E-state index contributed by atoms with van der Waals surface area (Å²) in [5.41, 5.74) is 0.200. The minimum absolute atomic E-state index is 0.200. The Balaban J connectivity index is 2.26. The highest BCUT2D eigenvalue weighted by atomic mass is 19.1. The van der Waals surface area contributed by atoms with Crippen molar-refractivity contribution in [3.05, 3.63) is 42.0 Å². The van der Waals surface area contributed by atoms with Crippen LogP contribution in [0.15, 0.2) is 30.6 Å². The van der Waals surface area contributed by atoms with E-state index in [1.165, 1.54) is 12.1 Å². The molecule has 2 rings (SSSR count). The van der Waals surface area contributed by atoms with Gasteiger partial charge in [0.2, 0.25) is 0 Å². The van der Waals surface area contributed by atoms with Crippen molar-refractivity contribution in [2.45, 2.75) is 6.04 Å². The third kappa shape index (κ3) is 2.32. The molecule has 0 N–H and O–H groups in total. The Bertz CT molecular complexity index is 498. The van der Waals surface area contributed by atoms with Crippen LogP contribution in [0.4, 0.5) is 8.78 Å². The molecule has 0 saturated heterocycles. The first-order valence-corrected chi connectivity index (χ1v) is 4.80. The molecule has 0 amide bonds. The zero-order chi connectivity index (χ0) is 12.3. The second kappa shape index (κ2) is 4.77. The number of nitrogens with zero attached hydrogens (tertiary/aromatic N) is 4. The van der Waals surface area contributed by atoms with Crippen LogP contribution in [0.2, 0.25) is 0 Å². The van der Waals surface area contributed by atoms with Crippen molar-refractivity contribution < 1.29 is 13.6 Å². The van der Waals surface area contributed by atoms with Gasteiger partial charge in [-0.25, -0.2) is 8.78 Å². The highest BCUT2D eigenvalue weighted by molar-refractivity contribution is 5.98. The minimum atomic E-state index is -1.16. The van der Waals surface area contributed by atoms with Gasteiger partial charge in [-0.05, 0) is 29.5 Å². The molecule has 0 fully saturated rings. The van der Waals surface area contributed by atoms with E-state index in [0.717, 1.165) is 23.3 Å². The second-order valence-corrected chi connectivity index (χ2v) is 3.30. The molecule has 0 aliphatic heterocycles. The molecular formula is C10H8F2N4O. The predicted octanol–water partition coefficient (Wildman–Crippen LogP) is 1.21. The van der Waals surface area contributed by atoms with Gasteiger partial charge < -0.3 is 0 Å². The summed E-state index contributed by atoms with van der Waals surface area (Å²) in [5, 5.41) is 10.5. The summed E-state index contributed by atoms with van der Waals surface area (Å²) in [4.78, 5) is 12.8. The van der Waals surface area contributed by atoms with Crippen LogP contribution in [0.1, 0.15) is 16.4 Å². The monoisotopic (exact) mass is 238 g/mol. The fourth-order valence-electron chi connectivity index (χ4n) is 1.36. The smallest absolute Gasteiger partial charge is 0.192 e. The number of halogens is 2. The van der Waals surface area contributed by atoms with Gasteiger partial charge in [0.1, 0.15) is 12.5 Å². The molecule has 1 unspecified atom stereocenters. The first-order valence-electron chi connectivity index (χ1n) is 4.80. The quantitative estimate of drug-likeness (QED) is 0.751. The van der Waals surface area contributed by atoms with Crippen molar-refractivity contribution in [2.24, 2.45) is 0 Å². The summed E-state index contributed by atoms with van der Waals surface area (Å²) in [5.74, 6) is -0.984. The van der Waals surface area contributed by atoms with Crippen LogP contribution in [-0.4, -0.2) is 32.7 Å². The number of Topliss-reactive ketones (excluding diaryl/α,β-unsaturated/α-hetero) is 1. The lowest BCUT2D eigenvalue weighted by molar-refractivity contribution is 0.0884. The Morgan fingerprint density at radius 2 is 2.06 bits per heavy atom. The average Bonchev–Trinajstić information content (AvgIpc) is 2.84. The van der Waals surface area contributed by atoms with E-state index in [1.807, 2.05) is 0 Å². The van der Waals surface area contributed by atoms with Crippen LogP contribution >= 0.6 is 0 Å². The Hall–Kier alpha value is -2.18. The maximum Gasteiger partial charge on any atom is 0.192 e. The van der Waals surface area contributed by atoms with Crippen molar-refractivity contribution in [2.75, 3.05) is 6.67 Å². The molecule has 1 atom stereocenters. The summed E-state index contributed by atoms with van der Waals surface area (Å²) >= 11 is 0. The lowest BCUT2D eigenvalue weighted by atomic mass is 10.1. The standard InChI is InChI=1S/C10H8F2N4O/c11-5-9(16-14-6-13-15-16)10(17)7-1-3-8(12)4-2-7/h1-4,6,9H,5H2. The molecular weight excluding hydrogens is 230 g/mol. The van der Waals surface area contributed by atoms with Crippen LogP contribution in [0.25, 0.3) is 0 Å². The second-order valence-electron chi connectivity index (χ2n) is 3.30. The zero-order valence-corrected chi connectivity index (χ0v) is 8.62. The van der Waals surface area contributed by atoms with E-state index in [2.05, 4.69) is 15.4 Å². The minimum Gasteiger partial charge on any atom is -0.292 e. The normalized spacial score (nSPS) is 12.4. The van der Waals surface area contributed by atoms with Gasteiger partial charge in [0.25, 0.3) is 0 Å². The highest BCUT2D eigenvalue weighted by Crippen LogP contribution is 2.13. The van der Waals surface area contributed by atoms with E-state index >= 15 is 0 Å². The number of benzene rings is 1. The molecule has 17 heavy (non-hydrogen) atoms. The topological polar surface area (TPSA) is 60.7 Å². The summed E-state index contributed by atoms with van der Waals surface area (Å²) in [6.07, 6.45) is 1.11. The lowest BCUT2D eigenvalue weighted by Gasteiger charge is -2.10. The van der Waals surface area contributed by atoms with E-state index in [4.69, 9.17) is 0 Å². The molecule has 1 aromatic heterocycles. The van der Waals surface area contributed by atoms with Gasteiger partial charge in [0.15, 0.2) is 18.2 Å². The summed E-state index contributed by atoms with van der Waals surface area (Å²) in [6.45, 7) is -0.952. The van der Waals surface area contributed by atoms with Crippen LogP contribution in [0, 0.1) is 5.82 Å². The molecule has 7 heteroatoms. The van der Waals surface area contributed by atoms with E-state index < -0.39 is 24.3 Å². The highest BCUT2D eigenvalue weighted by Gasteiger charge is 2.23. The molecule has 0 saturated carbocycles. The fraction of sp³-hybridized carbons (Fsp3) is 0.200. The first-order chi connectivity index (χ1) is 8.22. The fourth-order valence-corrected chi connectivity index (χ4v) is 1.36. The van der Waals surface area contributed by atoms with Gasteiger partial charge in [-0.15, -0.1) is 10.2 Å². The van der Waals surface area contributed by atoms with Crippen molar-refractivity contribution in [3.63, 3.8) is 0 Å². The Morgan fingerprint density at radius 3 is 2.59 bits per heavy atom. The predicted molar refractivity (Wildman–Crippen MR) is 53.6 cm³/mol. The number of alkyl halides is 1. The van der Waals surface area contributed by atoms with Crippen LogP contribution in [-0.2, 0) is 0 Å². The molecule has 88 valence electrons. The number of ketones is 1. The molecule has 0 aliphatic carbocycles. The molecule has 1 aromatic carbocycles. The summed E-state index contributed by atoms with van der Waals surface area (Å²) in [6, 6.07) is 3.69. The van der Waals surface area contributed by atoms with Gasteiger partial charge in [-0.1, -0.05) is 0 Å². The van der Waals surface area contributed by atoms with Gasteiger partial charge >= 0.3 is 0 Å². The molecule has 0 aliphatic rings. The zero-order valence-electron chi connectivity index (χ0n) is 8.62. The third-order valence-corrected chi connectivity index (χ3v) is 2.22. The number of carbonyl (C=O) groups is 1. The third-order valence-electron chi connectivity index (χ3n) is 2.22.